The van der Waals surface area contributed by atoms with Gasteiger partial charge in [-0.25, -0.2) is 8.42 Å². The molecule has 18 heavy (non-hydrogen) atoms. The lowest BCUT2D eigenvalue weighted by molar-refractivity contribution is -0.0329. The Kier molecular flexibility index (Phi) is 4.59. The van der Waals surface area contributed by atoms with Gasteiger partial charge >= 0.3 is 5.51 Å². The number of alkyl halides is 3. The van der Waals surface area contributed by atoms with Crippen LogP contribution in [0.15, 0.2) is 26.4 Å². The molecular weight excluding hydrogens is 379 g/mol. The lowest BCUT2D eigenvalue weighted by Crippen LogP contribution is -2.04. The Morgan fingerprint density at radius 3 is 2.33 bits per heavy atom. The largest absolute Gasteiger partial charge is 0.446 e. The second kappa shape index (κ2) is 5.28. The molecule has 1 aromatic rings. The molecule has 0 heterocycles. The fourth-order valence-corrected chi connectivity index (χ4v) is 3.82. The van der Waals surface area contributed by atoms with E-state index in [4.69, 9.17) is 15.9 Å². The van der Waals surface area contributed by atoms with Crippen molar-refractivity contribution < 1.29 is 21.6 Å². The molecule has 0 amide bonds. The molecule has 10 heteroatoms. The minimum atomic E-state index is -4.73. The molecule has 0 saturated carbocycles. The van der Waals surface area contributed by atoms with Gasteiger partial charge in [-0.05, 0) is 23.9 Å². The molecule has 0 fully saturated rings. The molecule has 0 aliphatic heterocycles. The first-order valence-electron chi connectivity index (χ1n) is 3.98. The average Bonchev–Trinajstić information content (AvgIpc) is 2.16. The monoisotopic (exact) mass is 379 g/mol. The third-order valence-electron chi connectivity index (χ3n) is 1.62. The van der Waals surface area contributed by atoms with Gasteiger partial charge in [0.05, 0.1) is 15.4 Å². The predicted molar refractivity (Wildman–Crippen MR) is 63.8 cm³/mol. The summed E-state index contributed by atoms with van der Waals surface area (Å²) >= 11 is 2.20. The van der Waals surface area contributed by atoms with Crippen LogP contribution in [-0.2, 0) is 9.05 Å². The SMILES string of the molecule is N#Cc1cc(Br)cc(S(=O)(=O)Cl)c1SC(F)(F)F. The highest BCUT2D eigenvalue weighted by Crippen LogP contribution is 2.43. The van der Waals surface area contributed by atoms with Crippen molar-refractivity contribution in [3.05, 3.63) is 22.2 Å². The highest BCUT2D eigenvalue weighted by atomic mass is 79.9. The van der Waals surface area contributed by atoms with Crippen LogP contribution in [0, 0.1) is 11.3 Å². The van der Waals surface area contributed by atoms with Crippen LogP contribution in [0.2, 0.25) is 0 Å². The second-order valence-electron chi connectivity index (χ2n) is 2.88. The van der Waals surface area contributed by atoms with E-state index in [0.717, 1.165) is 12.1 Å². The van der Waals surface area contributed by atoms with Crippen LogP contribution in [0.4, 0.5) is 13.2 Å². The van der Waals surface area contributed by atoms with E-state index in [1.165, 1.54) is 6.07 Å². The molecule has 0 aliphatic carbocycles. The molecule has 1 aromatic carbocycles. The van der Waals surface area contributed by atoms with Gasteiger partial charge in [-0.3, -0.25) is 0 Å². The van der Waals surface area contributed by atoms with Gasteiger partial charge in [0.15, 0.2) is 0 Å². The van der Waals surface area contributed by atoms with E-state index in [-0.39, 0.29) is 4.47 Å². The first-order valence-corrected chi connectivity index (χ1v) is 7.90. The summed E-state index contributed by atoms with van der Waals surface area (Å²) in [5.41, 5.74) is -5.15. The van der Waals surface area contributed by atoms with E-state index < -0.39 is 41.7 Å². The average molecular weight is 381 g/mol. The maximum absolute atomic E-state index is 12.3. The molecule has 3 nitrogen and oxygen atoms in total. The van der Waals surface area contributed by atoms with Crippen LogP contribution in [0.1, 0.15) is 5.56 Å². The molecular formula is C8H2BrClF3NO2S2. The van der Waals surface area contributed by atoms with Crippen molar-refractivity contribution in [2.45, 2.75) is 15.3 Å². The van der Waals surface area contributed by atoms with Gasteiger partial charge in [-0.15, -0.1) is 0 Å². The fourth-order valence-electron chi connectivity index (χ4n) is 1.05. The molecule has 0 radical (unpaired) electrons. The first kappa shape index (κ1) is 15.6. The van der Waals surface area contributed by atoms with Gasteiger partial charge in [0, 0.05) is 15.2 Å². The minimum absolute atomic E-state index is 0.143. The van der Waals surface area contributed by atoms with Crippen molar-refractivity contribution in [2.75, 3.05) is 0 Å². The second-order valence-corrected chi connectivity index (χ2v) is 7.40. The Bertz CT molecular complexity index is 624. The Balaban J connectivity index is 3.60. The van der Waals surface area contributed by atoms with Crippen LogP contribution in [0.25, 0.3) is 0 Å². The van der Waals surface area contributed by atoms with Crippen LogP contribution in [0.5, 0.6) is 0 Å². The maximum Gasteiger partial charge on any atom is 0.446 e. The highest BCUT2D eigenvalue weighted by Gasteiger charge is 2.34. The molecule has 0 saturated heterocycles. The number of rotatable bonds is 2. The Morgan fingerprint density at radius 1 is 1.39 bits per heavy atom. The quantitative estimate of drug-likeness (QED) is 0.577. The number of nitrogens with zero attached hydrogens (tertiary/aromatic N) is 1. The summed E-state index contributed by atoms with van der Waals surface area (Å²) < 4.78 is 59.6. The standard InChI is InChI=1S/C8H2BrClF3NO2S2/c9-5-1-4(3-14)7(17-8(11,12)13)6(2-5)18(10,15)16/h1-2H. The van der Waals surface area contributed by atoms with Crippen molar-refractivity contribution in [1.29, 1.82) is 5.26 Å². The van der Waals surface area contributed by atoms with Crippen molar-refractivity contribution >= 4 is 47.4 Å². The van der Waals surface area contributed by atoms with E-state index in [1.807, 2.05) is 0 Å². The zero-order valence-corrected chi connectivity index (χ0v) is 12.1. The van der Waals surface area contributed by atoms with Crippen molar-refractivity contribution in [3.63, 3.8) is 0 Å². The van der Waals surface area contributed by atoms with Crippen LogP contribution < -0.4 is 0 Å². The zero-order valence-electron chi connectivity index (χ0n) is 8.12. The van der Waals surface area contributed by atoms with Crippen LogP contribution in [-0.4, -0.2) is 13.9 Å². The molecule has 0 aromatic heterocycles. The smallest absolute Gasteiger partial charge is 0.207 e. The van der Waals surface area contributed by atoms with Gasteiger partial charge in [-0.1, -0.05) is 15.9 Å². The zero-order chi connectivity index (χ0) is 14.1. The van der Waals surface area contributed by atoms with E-state index in [2.05, 4.69) is 15.9 Å². The van der Waals surface area contributed by atoms with Crippen molar-refractivity contribution in [2.24, 2.45) is 0 Å². The van der Waals surface area contributed by atoms with Crippen molar-refractivity contribution in [1.82, 2.24) is 0 Å². The lowest BCUT2D eigenvalue weighted by atomic mass is 10.2. The Labute approximate surface area is 117 Å². The third-order valence-corrected chi connectivity index (χ3v) is 4.43. The number of hydrogen-bond donors (Lipinski definition) is 0. The number of hydrogen-bond acceptors (Lipinski definition) is 4. The first-order chi connectivity index (χ1) is 8.04. The molecule has 0 unspecified atom stereocenters. The maximum atomic E-state index is 12.3. The van der Waals surface area contributed by atoms with Gasteiger partial charge in [-0.2, -0.15) is 18.4 Å². The Hall–Kier alpha value is -0.430. The van der Waals surface area contributed by atoms with Crippen LogP contribution >= 0.6 is 38.4 Å². The normalized spacial score (nSPS) is 12.2. The predicted octanol–water partition coefficient (Wildman–Crippen LogP) is 3.86. The number of nitriles is 1. The lowest BCUT2D eigenvalue weighted by Gasteiger charge is -2.11. The van der Waals surface area contributed by atoms with Crippen molar-refractivity contribution in [3.8, 4) is 6.07 Å². The summed E-state index contributed by atoms with van der Waals surface area (Å²) in [5.74, 6) is 0. The number of benzene rings is 1. The van der Waals surface area contributed by atoms with E-state index in [0.29, 0.717) is 0 Å². The summed E-state index contributed by atoms with van der Waals surface area (Å²) in [4.78, 5) is -1.49. The third kappa shape index (κ3) is 4.05. The molecule has 0 N–H and O–H groups in total. The molecule has 0 atom stereocenters. The molecule has 98 valence electrons. The summed E-state index contributed by atoms with van der Waals surface area (Å²) in [7, 11) is 0.664. The minimum Gasteiger partial charge on any atom is -0.207 e. The van der Waals surface area contributed by atoms with E-state index in [1.54, 1.807) is 0 Å². The van der Waals surface area contributed by atoms with E-state index in [9.17, 15) is 21.6 Å². The highest BCUT2D eigenvalue weighted by molar-refractivity contribution is 9.10. The summed E-state index contributed by atoms with van der Waals surface area (Å²) in [5, 5.41) is 8.74. The van der Waals surface area contributed by atoms with Crippen LogP contribution in [0.3, 0.4) is 0 Å². The Morgan fingerprint density at radius 2 is 1.94 bits per heavy atom. The summed E-state index contributed by atoms with van der Waals surface area (Å²) in [6, 6.07) is 3.49. The van der Waals surface area contributed by atoms with Gasteiger partial charge in [0.2, 0.25) is 0 Å². The number of halogens is 5. The number of thioether (sulfide) groups is 1. The molecule has 1 rings (SSSR count). The fraction of sp³-hybridized carbons (Fsp3) is 0.125. The summed E-state index contributed by atoms with van der Waals surface area (Å²) in [6.07, 6.45) is 0. The van der Waals surface area contributed by atoms with Gasteiger partial charge < -0.3 is 0 Å². The molecule has 0 aliphatic rings. The van der Waals surface area contributed by atoms with E-state index >= 15 is 0 Å². The van der Waals surface area contributed by atoms with Gasteiger partial charge in [0.1, 0.15) is 6.07 Å². The summed E-state index contributed by atoms with van der Waals surface area (Å²) in [6.45, 7) is 0. The molecule has 0 bridgehead atoms. The van der Waals surface area contributed by atoms with Gasteiger partial charge in [0.25, 0.3) is 9.05 Å². The molecule has 0 spiro atoms. The topological polar surface area (TPSA) is 57.9 Å².